The fourth-order valence-electron chi connectivity index (χ4n) is 4.17. The lowest BCUT2D eigenvalue weighted by Crippen LogP contribution is -2.33. The zero-order valence-corrected chi connectivity index (χ0v) is 17.1. The van der Waals surface area contributed by atoms with Crippen molar-refractivity contribution in [1.82, 2.24) is 5.01 Å². The number of nitrogens with zero attached hydrogens (tertiary/aromatic N) is 2. The quantitative estimate of drug-likeness (QED) is 0.615. The van der Waals surface area contributed by atoms with Gasteiger partial charge in [0.2, 0.25) is 0 Å². The van der Waals surface area contributed by atoms with E-state index in [0.717, 1.165) is 11.3 Å². The van der Waals surface area contributed by atoms with Crippen LogP contribution < -0.4 is 5.32 Å². The zero-order valence-electron chi connectivity index (χ0n) is 15.6. The van der Waals surface area contributed by atoms with Crippen molar-refractivity contribution in [1.29, 1.82) is 0 Å². The molecular weight excluding hydrogens is 393 g/mol. The number of nitrogens with one attached hydrogen (secondary N) is 1. The molecule has 0 saturated heterocycles. The first-order valence-electron chi connectivity index (χ1n) is 9.79. The largest absolute Gasteiger partial charge is 0.342 e. The van der Waals surface area contributed by atoms with E-state index in [1.165, 1.54) is 32.1 Å². The first-order chi connectivity index (χ1) is 13.6. The predicted octanol–water partition coefficient (Wildman–Crippen LogP) is 6.44. The lowest BCUT2D eigenvalue weighted by molar-refractivity contribution is 0.206. The van der Waals surface area contributed by atoms with Crippen LogP contribution in [-0.4, -0.2) is 23.3 Å². The number of rotatable bonds is 3. The van der Waals surface area contributed by atoms with E-state index in [1.807, 2.05) is 24.3 Å². The summed E-state index contributed by atoms with van der Waals surface area (Å²) in [6, 6.07) is 14.6. The number of halogens is 2. The molecule has 1 aliphatic heterocycles. The van der Waals surface area contributed by atoms with E-state index in [2.05, 4.69) is 5.32 Å². The van der Waals surface area contributed by atoms with Gasteiger partial charge in [0.1, 0.15) is 0 Å². The Balaban J connectivity index is 1.56. The highest BCUT2D eigenvalue weighted by Crippen LogP contribution is 2.36. The van der Waals surface area contributed by atoms with Crippen LogP contribution in [0.5, 0.6) is 0 Å². The van der Waals surface area contributed by atoms with Gasteiger partial charge in [-0.25, -0.2) is 9.80 Å². The molecule has 4 nitrogen and oxygen atoms in total. The van der Waals surface area contributed by atoms with Crippen LogP contribution in [0, 0.1) is 11.8 Å². The average Bonchev–Trinajstić information content (AvgIpc) is 3.16. The van der Waals surface area contributed by atoms with E-state index in [-0.39, 0.29) is 11.9 Å². The van der Waals surface area contributed by atoms with Crippen LogP contribution in [0.25, 0.3) is 0 Å². The number of hydrazone groups is 1. The molecule has 146 valence electrons. The van der Waals surface area contributed by atoms with E-state index < -0.39 is 0 Å². The van der Waals surface area contributed by atoms with Gasteiger partial charge < -0.3 is 5.32 Å². The Bertz CT molecular complexity index is 858. The van der Waals surface area contributed by atoms with Crippen LogP contribution in [0.15, 0.2) is 53.6 Å². The summed E-state index contributed by atoms with van der Waals surface area (Å²) >= 11 is 12.0. The van der Waals surface area contributed by atoms with Crippen LogP contribution in [0.4, 0.5) is 10.5 Å². The molecule has 0 aromatic heterocycles. The molecule has 1 atom stereocenters. The maximum absolute atomic E-state index is 12.8. The molecule has 1 aliphatic carbocycles. The minimum atomic E-state index is -0.216. The Hall–Kier alpha value is -2.04. The number of carbonyl (C=O) groups excluding carboxylic acids is 1. The summed E-state index contributed by atoms with van der Waals surface area (Å²) in [6.45, 7) is 0.613. The van der Waals surface area contributed by atoms with Crippen molar-refractivity contribution in [3.05, 3.63) is 64.1 Å². The third-order valence-corrected chi connectivity index (χ3v) is 6.14. The fraction of sp³-hybridized carbons (Fsp3) is 0.364. The normalized spacial score (nSPS) is 20.1. The second kappa shape index (κ2) is 8.54. The number of urea groups is 1. The molecule has 1 saturated carbocycles. The van der Waals surface area contributed by atoms with Crippen LogP contribution in [0.3, 0.4) is 0 Å². The Morgan fingerprint density at radius 2 is 1.54 bits per heavy atom. The van der Waals surface area contributed by atoms with Crippen LogP contribution in [0.2, 0.25) is 10.0 Å². The fourth-order valence-corrected chi connectivity index (χ4v) is 4.42. The minimum absolute atomic E-state index is 0.216. The summed E-state index contributed by atoms with van der Waals surface area (Å²) < 4.78 is 0. The van der Waals surface area contributed by atoms with Crippen LogP contribution in [0.1, 0.15) is 37.7 Å². The van der Waals surface area contributed by atoms with Crippen LogP contribution in [-0.2, 0) is 0 Å². The predicted molar refractivity (Wildman–Crippen MR) is 115 cm³/mol. The van der Waals surface area contributed by atoms with Gasteiger partial charge in [-0.2, -0.15) is 5.10 Å². The summed E-state index contributed by atoms with van der Waals surface area (Å²) in [4.78, 5) is 12.8. The van der Waals surface area contributed by atoms with Crippen LogP contribution >= 0.6 is 23.2 Å². The molecule has 1 heterocycles. The molecule has 4 rings (SSSR count). The monoisotopic (exact) mass is 415 g/mol. The molecule has 2 amide bonds. The SMILES string of the molecule is O=C(Nc1ccc(Cl)cc1)N1CC(C2CCCCC2)C(c2ccc(Cl)cc2)=N1. The third kappa shape index (κ3) is 4.34. The lowest BCUT2D eigenvalue weighted by atomic mass is 9.77. The molecule has 1 unspecified atom stereocenters. The highest BCUT2D eigenvalue weighted by atomic mass is 35.5. The molecular formula is C22H23Cl2N3O. The summed E-state index contributed by atoms with van der Waals surface area (Å²) in [5, 5.41) is 10.6. The molecule has 2 aromatic carbocycles. The van der Waals surface area contributed by atoms with Crippen molar-refractivity contribution in [2.45, 2.75) is 32.1 Å². The lowest BCUT2D eigenvalue weighted by Gasteiger charge is -2.28. The average molecular weight is 416 g/mol. The number of hydrogen-bond donors (Lipinski definition) is 1. The van der Waals surface area contributed by atoms with Gasteiger partial charge in [-0.05, 0) is 60.7 Å². The summed E-state index contributed by atoms with van der Waals surface area (Å²) in [7, 11) is 0. The second-order valence-electron chi connectivity index (χ2n) is 7.52. The van der Waals surface area contributed by atoms with E-state index in [1.54, 1.807) is 29.3 Å². The Kier molecular flexibility index (Phi) is 5.88. The molecule has 2 aromatic rings. The number of carbonyl (C=O) groups is 1. The summed E-state index contributed by atoms with van der Waals surface area (Å²) in [5.74, 6) is 0.828. The molecule has 28 heavy (non-hydrogen) atoms. The first-order valence-corrected chi connectivity index (χ1v) is 10.5. The van der Waals surface area contributed by atoms with Gasteiger partial charge in [-0.3, -0.25) is 0 Å². The van der Waals surface area contributed by atoms with Gasteiger partial charge in [0, 0.05) is 21.7 Å². The van der Waals surface area contributed by atoms with E-state index in [4.69, 9.17) is 28.3 Å². The van der Waals surface area contributed by atoms with Gasteiger partial charge in [0.05, 0.1) is 12.3 Å². The highest BCUT2D eigenvalue weighted by Gasteiger charge is 2.36. The molecule has 1 N–H and O–H groups in total. The molecule has 0 bridgehead atoms. The maximum atomic E-state index is 12.8. The highest BCUT2D eigenvalue weighted by molar-refractivity contribution is 6.31. The van der Waals surface area contributed by atoms with Gasteiger partial charge in [0.25, 0.3) is 0 Å². The van der Waals surface area contributed by atoms with Gasteiger partial charge in [-0.15, -0.1) is 0 Å². The molecule has 1 fully saturated rings. The topological polar surface area (TPSA) is 44.7 Å². The first kappa shape index (κ1) is 19.3. The molecule has 0 radical (unpaired) electrons. The van der Waals surface area contributed by atoms with Crippen molar-refractivity contribution in [2.75, 3.05) is 11.9 Å². The summed E-state index contributed by atoms with van der Waals surface area (Å²) in [5.41, 5.74) is 2.75. The Labute approximate surface area is 175 Å². The standard InChI is InChI=1S/C22H23Cl2N3O/c23-17-8-6-16(7-9-17)21-20(15-4-2-1-3-5-15)14-27(26-21)22(28)25-19-12-10-18(24)11-13-19/h6-13,15,20H,1-5,14H2,(H,25,28). The number of benzene rings is 2. The van der Waals surface area contributed by atoms with Crippen molar-refractivity contribution in [2.24, 2.45) is 16.9 Å². The Morgan fingerprint density at radius 1 is 0.929 bits per heavy atom. The smallest absolute Gasteiger partial charge is 0.306 e. The minimum Gasteiger partial charge on any atom is -0.306 e. The summed E-state index contributed by atoms with van der Waals surface area (Å²) in [6.07, 6.45) is 6.21. The van der Waals surface area contributed by atoms with Crippen molar-refractivity contribution in [3.63, 3.8) is 0 Å². The van der Waals surface area contributed by atoms with E-state index in [9.17, 15) is 4.79 Å². The zero-order chi connectivity index (χ0) is 19.5. The van der Waals surface area contributed by atoms with Gasteiger partial charge >= 0.3 is 6.03 Å². The number of hydrogen-bond acceptors (Lipinski definition) is 2. The Morgan fingerprint density at radius 3 is 2.18 bits per heavy atom. The van der Waals surface area contributed by atoms with Gasteiger partial charge in [0.15, 0.2) is 0 Å². The van der Waals surface area contributed by atoms with Crippen molar-refractivity contribution < 1.29 is 4.79 Å². The van der Waals surface area contributed by atoms with E-state index >= 15 is 0 Å². The third-order valence-electron chi connectivity index (χ3n) is 5.64. The molecule has 0 spiro atoms. The molecule has 2 aliphatic rings. The maximum Gasteiger partial charge on any atom is 0.342 e. The molecule has 6 heteroatoms. The number of amides is 2. The van der Waals surface area contributed by atoms with E-state index in [0.29, 0.717) is 28.2 Å². The number of anilines is 1. The van der Waals surface area contributed by atoms with Crippen molar-refractivity contribution in [3.8, 4) is 0 Å². The van der Waals surface area contributed by atoms with Crippen molar-refractivity contribution >= 4 is 40.6 Å². The van der Waals surface area contributed by atoms with Gasteiger partial charge in [-0.1, -0.05) is 54.6 Å². The second-order valence-corrected chi connectivity index (χ2v) is 8.39.